The average Bonchev–Trinajstić information content (AvgIpc) is 2.83. The number of H-pyrrole nitrogens is 1. The van der Waals surface area contributed by atoms with E-state index < -0.39 is 0 Å². The maximum Gasteiger partial charge on any atom is 0.256 e. The summed E-state index contributed by atoms with van der Waals surface area (Å²) >= 11 is 0. The summed E-state index contributed by atoms with van der Waals surface area (Å²) in [6, 6.07) is 7.71. The first-order chi connectivity index (χ1) is 10.5. The van der Waals surface area contributed by atoms with Gasteiger partial charge in [-0.1, -0.05) is 18.2 Å². The van der Waals surface area contributed by atoms with Crippen molar-refractivity contribution in [1.82, 2.24) is 14.8 Å². The van der Waals surface area contributed by atoms with Crippen molar-refractivity contribution in [2.24, 2.45) is 0 Å². The van der Waals surface area contributed by atoms with Gasteiger partial charge in [0.1, 0.15) is 0 Å². The summed E-state index contributed by atoms with van der Waals surface area (Å²) in [5.74, 6) is -0.159. The van der Waals surface area contributed by atoms with E-state index in [0.717, 1.165) is 16.6 Å². The Kier molecular flexibility index (Phi) is 4.85. The van der Waals surface area contributed by atoms with E-state index in [-0.39, 0.29) is 18.4 Å². The van der Waals surface area contributed by atoms with Crippen LogP contribution in [0, 0.1) is 6.92 Å². The van der Waals surface area contributed by atoms with Crippen LogP contribution in [0.25, 0.3) is 10.9 Å². The summed E-state index contributed by atoms with van der Waals surface area (Å²) in [5.41, 5.74) is 2.41. The minimum atomic E-state index is -0.129. The lowest BCUT2D eigenvalue weighted by molar-refractivity contribution is -0.131. The molecule has 0 bridgehead atoms. The van der Waals surface area contributed by atoms with Gasteiger partial charge in [-0.05, 0) is 26.8 Å². The zero-order chi connectivity index (χ0) is 16.3. The number of carbonyl (C=O) groups excluding carboxylic acids is 2. The number of nitrogens with zero attached hydrogens (tertiary/aromatic N) is 2. The molecule has 0 fully saturated rings. The average molecular weight is 301 g/mol. The number of fused-ring (bicyclic) bond motifs is 1. The lowest BCUT2D eigenvalue weighted by Gasteiger charge is -2.23. The van der Waals surface area contributed by atoms with Gasteiger partial charge in [0.15, 0.2) is 0 Å². The van der Waals surface area contributed by atoms with Gasteiger partial charge in [0, 0.05) is 36.7 Å². The zero-order valence-corrected chi connectivity index (χ0v) is 13.6. The highest BCUT2D eigenvalue weighted by atomic mass is 16.2. The molecule has 0 unspecified atom stereocenters. The van der Waals surface area contributed by atoms with Crippen molar-refractivity contribution in [2.45, 2.75) is 20.8 Å². The zero-order valence-electron chi connectivity index (χ0n) is 13.6. The number of aromatic amines is 1. The molecular formula is C17H23N3O2. The number of rotatable bonds is 5. The molecule has 118 valence electrons. The van der Waals surface area contributed by atoms with E-state index in [2.05, 4.69) is 4.98 Å². The highest BCUT2D eigenvalue weighted by Gasteiger charge is 2.22. The van der Waals surface area contributed by atoms with Gasteiger partial charge in [0.05, 0.1) is 12.1 Å². The molecule has 0 radical (unpaired) electrons. The standard InChI is InChI=1S/C17H23N3O2/c1-5-20(6-2)15(21)11-19(4)17(22)16-12(3)18-14-10-8-7-9-13(14)16/h7-10,18H,5-6,11H2,1-4H3. The highest BCUT2D eigenvalue weighted by Crippen LogP contribution is 2.23. The lowest BCUT2D eigenvalue weighted by Crippen LogP contribution is -2.41. The fourth-order valence-corrected chi connectivity index (χ4v) is 2.69. The first-order valence-electron chi connectivity index (χ1n) is 7.60. The number of aromatic nitrogens is 1. The Bertz CT molecular complexity index is 686. The van der Waals surface area contributed by atoms with Crippen LogP contribution in [0.4, 0.5) is 0 Å². The molecule has 1 aromatic carbocycles. The Morgan fingerprint density at radius 2 is 1.77 bits per heavy atom. The normalized spacial score (nSPS) is 10.7. The van der Waals surface area contributed by atoms with Crippen molar-refractivity contribution < 1.29 is 9.59 Å². The first-order valence-corrected chi connectivity index (χ1v) is 7.60. The molecule has 0 saturated heterocycles. The number of aryl methyl sites for hydroxylation is 1. The van der Waals surface area contributed by atoms with Gasteiger partial charge in [-0.25, -0.2) is 0 Å². The van der Waals surface area contributed by atoms with Crippen LogP contribution in [0.2, 0.25) is 0 Å². The van der Waals surface area contributed by atoms with Crippen molar-refractivity contribution in [1.29, 1.82) is 0 Å². The van der Waals surface area contributed by atoms with Crippen molar-refractivity contribution in [3.05, 3.63) is 35.5 Å². The fourth-order valence-electron chi connectivity index (χ4n) is 2.69. The summed E-state index contributed by atoms with van der Waals surface area (Å²) in [6.45, 7) is 7.17. The van der Waals surface area contributed by atoms with Crippen LogP contribution >= 0.6 is 0 Å². The minimum Gasteiger partial charge on any atom is -0.358 e. The smallest absolute Gasteiger partial charge is 0.256 e. The Hall–Kier alpha value is -2.30. The molecule has 2 rings (SSSR count). The van der Waals surface area contributed by atoms with Crippen molar-refractivity contribution in [2.75, 3.05) is 26.7 Å². The molecule has 1 heterocycles. The first kappa shape index (κ1) is 16.1. The minimum absolute atomic E-state index is 0.0293. The molecule has 0 saturated carbocycles. The second-order valence-electron chi connectivity index (χ2n) is 5.40. The molecule has 0 spiro atoms. The van der Waals surface area contributed by atoms with Crippen molar-refractivity contribution in [3.8, 4) is 0 Å². The van der Waals surface area contributed by atoms with E-state index >= 15 is 0 Å². The van der Waals surface area contributed by atoms with Gasteiger partial charge in [0.25, 0.3) is 5.91 Å². The van der Waals surface area contributed by atoms with Crippen LogP contribution in [-0.2, 0) is 4.79 Å². The van der Waals surface area contributed by atoms with Crippen molar-refractivity contribution >= 4 is 22.7 Å². The largest absolute Gasteiger partial charge is 0.358 e. The van der Waals surface area contributed by atoms with E-state index in [1.165, 1.54) is 4.90 Å². The fraction of sp³-hybridized carbons (Fsp3) is 0.412. The molecule has 2 amide bonds. The van der Waals surface area contributed by atoms with Crippen LogP contribution in [0.3, 0.4) is 0 Å². The molecule has 22 heavy (non-hydrogen) atoms. The maximum absolute atomic E-state index is 12.7. The Balaban J connectivity index is 2.23. The predicted molar refractivity (Wildman–Crippen MR) is 87.9 cm³/mol. The number of benzene rings is 1. The second kappa shape index (κ2) is 6.64. The number of amides is 2. The summed E-state index contributed by atoms with van der Waals surface area (Å²) in [5, 5.41) is 0.895. The number of hydrogen-bond acceptors (Lipinski definition) is 2. The van der Waals surface area contributed by atoms with Crippen LogP contribution in [-0.4, -0.2) is 53.3 Å². The maximum atomic E-state index is 12.7. The molecule has 1 N–H and O–H groups in total. The molecule has 0 aliphatic carbocycles. The van der Waals surface area contributed by atoms with E-state index in [1.54, 1.807) is 11.9 Å². The van der Waals surface area contributed by atoms with Crippen LogP contribution < -0.4 is 0 Å². The predicted octanol–water partition coefficient (Wildman–Crippen LogP) is 2.42. The van der Waals surface area contributed by atoms with Gasteiger partial charge in [0.2, 0.25) is 5.91 Å². The van der Waals surface area contributed by atoms with E-state index in [0.29, 0.717) is 18.7 Å². The number of likely N-dealkylation sites (N-methyl/N-ethyl adjacent to an activating group) is 2. The van der Waals surface area contributed by atoms with E-state index in [1.807, 2.05) is 45.0 Å². The quantitative estimate of drug-likeness (QED) is 0.922. The van der Waals surface area contributed by atoms with E-state index in [9.17, 15) is 9.59 Å². The molecule has 0 aliphatic rings. The molecule has 5 nitrogen and oxygen atoms in total. The number of nitrogens with one attached hydrogen (secondary N) is 1. The lowest BCUT2D eigenvalue weighted by atomic mass is 10.1. The number of hydrogen-bond donors (Lipinski definition) is 1. The third kappa shape index (κ3) is 2.98. The van der Waals surface area contributed by atoms with Gasteiger partial charge < -0.3 is 14.8 Å². The molecule has 0 aliphatic heterocycles. The monoisotopic (exact) mass is 301 g/mol. The Morgan fingerprint density at radius 3 is 2.41 bits per heavy atom. The summed E-state index contributed by atoms with van der Waals surface area (Å²) in [6.07, 6.45) is 0. The summed E-state index contributed by atoms with van der Waals surface area (Å²) < 4.78 is 0. The molecule has 2 aromatic rings. The third-order valence-corrected chi connectivity index (χ3v) is 3.94. The van der Waals surface area contributed by atoms with Crippen LogP contribution in [0.15, 0.2) is 24.3 Å². The summed E-state index contributed by atoms with van der Waals surface area (Å²) in [7, 11) is 1.67. The highest BCUT2D eigenvalue weighted by molar-refractivity contribution is 6.08. The molecule has 0 atom stereocenters. The van der Waals surface area contributed by atoms with Gasteiger partial charge in [-0.3, -0.25) is 9.59 Å². The van der Waals surface area contributed by atoms with Gasteiger partial charge >= 0.3 is 0 Å². The summed E-state index contributed by atoms with van der Waals surface area (Å²) in [4.78, 5) is 31.3. The van der Waals surface area contributed by atoms with Crippen LogP contribution in [0.1, 0.15) is 29.9 Å². The Labute approximate surface area is 130 Å². The second-order valence-corrected chi connectivity index (χ2v) is 5.40. The van der Waals surface area contributed by atoms with Gasteiger partial charge in [-0.2, -0.15) is 0 Å². The molecular weight excluding hydrogens is 278 g/mol. The van der Waals surface area contributed by atoms with Crippen LogP contribution in [0.5, 0.6) is 0 Å². The van der Waals surface area contributed by atoms with E-state index in [4.69, 9.17) is 0 Å². The number of carbonyl (C=O) groups is 2. The van der Waals surface area contributed by atoms with Gasteiger partial charge in [-0.15, -0.1) is 0 Å². The Morgan fingerprint density at radius 1 is 1.14 bits per heavy atom. The third-order valence-electron chi connectivity index (χ3n) is 3.94. The van der Waals surface area contributed by atoms with Crippen molar-refractivity contribution in [3.63, 3.8) is 0 Å². The topological polar surface area (TPSA) is 56.4 Å². The molecule has 1 aromatic heterocycles. The SMILES string of the molecule is CCN(CC)C(=O)CN(C)C(=O)c1c(C)[nH]c2ccccc12. The molecule has 5 heteroatoms. The number of para-hydroxylation sites is 1.